The number of fused-ring (bicyclic) bond motifs is 1. The molecular weight excluding hydrogens is 398 g/mol. The fourth-order valence-electron chi connectivity index (χ4n) is 1.94. The molecule has 0 aliphatic rings. The average molecular weight is 407 g/mol. The second-order valence-electron chi connectivity index (χ2n) is 4.39. The lowest BCUT2D eigenvalue weighted by Crippen LogP contribution is -2.08. The monoisotopic (exact) mass is 405 g/mol. The number of hydrogen-bond acceptors (Lipinski definition) is 3. The van der Waals surface area contributed by atoms with Crippen LogP contribution in [0.4, 0.5) is 0 Å². The zero-order chi connectivity index (χ0) is 14.8. The summed E-state index contributed by atoms with van der Waals surface area (Å²) >= 11 is 6.88. The predicted molar refractivity (Wildman–Crippen MR) is 88.5 cm³/mol. The number of rotatable bonds is 2. The van der Waals surface area contributed by atoms with Crippen molar-refractivity contribution in [2.24, 2.45) is 0 Å². The van der Waals surface area contributed by atoms with E-state index in [1.165, 1.54) is 6.20 Å². The van der Waals surface area contributed by atoms with E-state index in [0.29, 0.717) is 11.3 Å². The van der Waals surface area contributed by atoms with E-state index in [0.717, 1.165) is 19.8 Å². The van der Waals surface area contributed by atoms with Crippen molar-refractivity contribution in [1.82, 2.24) is 4.98 Å². The van der Waals surface area contributed by atoms with Crippen LogP contribution >= 0.6 is 31.9 Å². The first-order valence-electron chi connectivity index (χ1n) is 6.15. The third-order valence-electron chi connectivity index (χ3n) is 2.89. The van der Waals surface area contributed by atoms with Crippen LogP contribution in [0, 0.1) is 0 Å². The van der Waals surface area contributed by atoms with Gasteiger partial charge in [0.25, 0.3) is 0 Å². The number of para-hydroxylation sites is 1. The zero-order valence-electron chi connectivity index (χ0n) is 10.7. The number of ether oxygens (including phenoxy) is 1. The van der Waals surface area contributed by atoms with Gasteiger partial charge in [-0.3, -0.25) is 4.98 Å². The lowest BCUT2D eigenvalue weighted by atomic mass is 10.1. The summed E-state index contributed by atoms with van der Waals surface area (Å²) in [4.78, 5) is 16.5. The van der Waals surface area contributed by atoms with E-state index in [1.54, 1.807) is 18.2 Å². The minimum absolute atomic E-state index is 0.413. The van der Waals surface area contributed by atoms with Crippen molar-refractivity contribution in [3.8, 4) is 5.75 Å². The third-order valence-corrected chi connectivity index (χ3v) is 3.95. The Hall–Kier alpha value is -1.72. The molecule has 5 heteroatoms. The highest BCUT2D eigenvalue weighted by atomic mass is 79.9. The van der Waals surface area contributed by atoms with Crippen molar-refractivity contribution in [2.45, 2.75) is 0 Å². The molecule has 0 amide bonds. The van der Waals surface area contributed by atoms with Crippen LogP contribution in [0.25, 0.3) is 10.9 Å². The van der Waals surface area contributed by atoms with Crippen LogP contribution < -0.4 is 4.74 Å². The first kappa shape index (κ1) is 14.2. The third kappa shape index (κ3) is 3.14. The van der Waals surface area contributed by atoms with Crippen molar-refractivity contribution in [2.75, 3.05) is 0 Å². The van der Waals surface area contributed by atoms with Gasteiger partial charge in [-0.15, -0.1) is 0 Å². The summed E-state index contributed by atoms with van der Waals surface area (Å²) in [5.74, 6) is 0.0877. The highest BCUT2D eigenvalue weighted by molar-refractivity contribution is 9.11. The van der Waals surface area contributed by atoms with Gasteiger partial charge in [-0.1, -0.05) is 34.1 Å². The van der Waals surface area contributed by atoms with Gasteiger partial charge in [0.1, 0.15) is 5.75 Å². The van der Waals surface area contributed by atoms with Crippen LogP contribution in [0.5, 0.6) is 5.75 Å². The Labute approximate surface area is 138 Å². The highest BCUT2D eigenvalue weighted by Gasteiger charge is 2.11. The average Bonchev–Trinajstić information content (AvgIpc) is 2.47. The number of esters is 1. The Kier molecular flexibility index (Phi) is 4.03. The van der Waals surface area contributed by atoms with Crippen LogP contribution in [-0.4, -0.2) is 11.0 Å². The minimum atomic E-state index is -0.424. The SMILES string of the molecule is O=C(Oc1ccccc1)c1cnc2c(Br)cc(Br)cc2c1. The molecule has 1 heterocycles. The first-order chi connectivity index (χ1) is 10.1. The molecule has 0 bridgehead atoms. The van der Waals surface area contributed by atoms with Crippen LogP contribution in [-0.2, 0) is 0 Å². The number of pyridine rings is 1. The Morgan fingerprint density at radius 1 is 1.05 bits per heavy atom. The Morgan fingerprint density at radius 3 is 2.57 bits per heavy atom. The lowest BCUT2D eigenvalue weighted by Gasteiger charge is -2.06. The number of aromatic nitrogens is 1. The molecule has 0 saturated carbocycles. The lowest BCUT2D eigenvalue weighted by molar-refractivity contribution is 0.0734. The van der Waals surface area contributed by atoms with E-state index >= 15 is 0 Å². The van der Waals surface area contributed by atoms with Gasteiger partial charge in [0, 0.05) is 20.5 Å². The van der Waals surface area contributed by atoms with E-state index in [1.807, 2.05) is 30.3 Å². The zero-order valence-corrected chi connectivity index (χ0v) is 13.9. The van der Waals surface area contributed by atoms with Crippen molar-refractivity contribution in [1.29, 1.82) is 0 Å². The molecule has 104 valence electrons. The Morgan fingerprint density at radius 2 is 1.81 bits per heavy atom. The van der Waals surface area contributed by atoms with E-state index in [-0.39, 0.29) is 0 Å². The van der Waals surface area contributed by atoms with E-state index in [9.17, 15) is 4.79 Å². The van der Waals surface area contributed by atoms with Gasteiger partial charge in [0.05, 0.1) is 11.1 Å². The number of carbonyl (C=O) groups excluding carboxylic acids is 1. The molecule has 0 spiro atoms. The van der Waals surface area contributed by atoms with Gasteiger partial charge >= 0.3 is 5.97 Å². The fraction of sp³-hybridized carbons (Fsp3) is 0. The molecule has 0 unspecified atom stereocenters. The Bertz CT molecular complexity index is 819. The number of carbonyl (C=O) groups is 1. The van der Waals surface area contributed by atoms with E-state index in [4.69, 9.17) is 4.74 Å². The molecule has 0 aliphatic heterocycles. The Balaban J connectivity index is 1.95. The maximum Gasteiger partial charge on any atom is 0.345 e. The molecule has 0 saturated heterocycles. The molecule has 0 aliphatic carbocycles. The number of halogens is 2. The summed E-state index contributed by atoms with van der Waals surface area (Å²) in [5, 5.41) is 0.860. The summed E-state index contributed by atoms with van der Waals surface area (Å²) in [7, 11) is 0. The molecule has 0 fully saturated rings. The van der Waals surface area contributed by atoms with Crippen LogP contribution in [0.15, 0.2) is 63.7 Å². The van der Waals surface area contributed by atoms with Crippen LogP contribution in [0.2, 0.25) is 0 Å². The van der Waals surface area contributed by atoms with Crippen LogP contribution in [0.3, 0.4) is 0 Å². The van der Waals surface area contributed by atoms with Gasteiger partial charge in [-0.05, 0) is 46.3 Å². The molecule has 3 aromatic rings. The minimum Gasteiger partial charge on any atom is -0.423 e. The molecular formula is C16H9Br2NO2. The quantitative estimate of drug-likeness (QED) is 0.445. The number of hydrogen-bond donors (Lipinski definition) is 0. The van der Waals surface area contributed by atoms with Gasteiger partial charge in [-0.2, -0.15) is 0 Å². The molecule has 1 aromatic heterocycles. The van der Waals surface area contributed by atoms with Crippen molar-refractivity contribution < 1.29 is 9.53 Å². The van der Waals surface area contributed by atoms with Gasteiger partial charge in [0.2, 0.25) is 0 Å². The first-order valence-corrected chi connectivity index (χ1v) is 7.74. The summed E-state index contributed by atoms with van der Waals surface area (Å²) < 4.78 is 7.09. The van der Waals surface area contributed by atoms with Crippen LogP contribution in [0.1, 0.15) is 10.4 Å². The number of benzene rings is 2. The summed E-state index contributed by atoms with van der Waals surface area (Å²) in [6, 6.07) is 14.6. The molecule has 3 nitrogen and oxygen atoms in total. The summed E-state index contributed by atoms with van der Waals surface area (Å²) in [6.07, 6.45) is 1.52. The smallest absolute Gasteiger partial charge is 0.345 e. The maximum atomic E-state index is 12.1. The summed E-state index contributed by atoms with van der Waals surface area (Å²) in [5.41, 5.74) is 1.21. The van der Waals surface area contributed by atoms with Gasteiger partial charge < -0.3 is 4.74 Å². The van der Waals surface area contributed by atoms with Gasteiger partial charge in [0.15, 0.2) is 0 Å². The maximum absolute atomic E-state index is 12.1. The standard InChI is InChI=1S/C16H9Br2NO2/c17-12-7-10-6-11(9-19-15(10)14(18)8-12)16(20)21-13-4-2-1-3-5-13/h1-9H. The second kappa shape index (κ2) is 5.95. The topological polar surface area (TPSA) is 39.2 Å². The molecule has 21 heavy (non-hydrogen) atoms. The van der Waals surface area contributed by atoms with E-state index in [2.05, 4.69) is 36.8 Å². The second-order valence-corrected chi connectivity index (χ2v) is 6.16. The van der Waals surface area contributed by atoms with Crippen molar-refractivity contribution in [3.05, 3.63) is 69.2 Å². The largest absolute Gasteiger partial charge is 0.423 e. The molecule has 3 rings (SSSR count). The van der Waals surface area contributed by atoms with Crippen molar-refractivity contribution in [3.63, 3.8) is 0 Å². The molecule has 2 aromatic carbocycles. The van der Waals surface area contributed by atoms with Gasteiger partial charge in [-0.25, -0.2) is 4.79 Å². The predicted octanol–water partition coefficient (Wildman–Crippen LogP) is 4.98. The number of nitrogens with zero attached hydrogens (tertiary/aromatic N) is 1. The molecule has 0 radical (unpaired) electrons. The molecule has 0 N–H and O–H groups in total. The van der Waals surface area contributed by atoms with Crippen molar-refractivity contribution >= 4 is 48.7 Å². The molecule has 0 atom stereocenters. The van der Waals surface area contributed by atoms with E-state index < -0.39 is 5.97 Å². The summed E-state index contributed by atoms with van der Waals surface area (Å²) in [6.45, 7) is 0. The highest BCUT2D eigenvalue weighted by Crippen LogP contribution is 2.27. The normalized spacial score (nSPS) is 10.6. The fourth-order valence-corrected chi connectivity index (χ4v) is 3.30.